The molecule has 4 nitrogen and oxygen atoms in total. The lowest BCUT2D eigenvalue weighted by molar-refractivity contribution is 0.190. The lowest BCUT2D eigenvalue weighted by Gasteiger charge is -2.36. The maximum absolute atomic E-state index is 11.9. The molecule has 4 heteroatoms. The van der Waals surface area contributed by atoms with Gasteiger partial charge in [0.05, 0.1) is 0 Å². The Balaban J connectivity index is 1.83. The van der Waals surface area contributed by atoms with Gasteiger partial charge < -0.3 is 16.4 Å². The molecule has 1 aromatic carbocycles. The molecule has 0 heterocycles. The average Bonchev–Trinajstić information content (AvgIpc) is 2.49. The van der Waals surface area contributed by atoms with Gasteiger partial charge in [-0.2, -0.15) is 0 Å². The molecule has 1 saturated carbocycles. The summed E-state index contributed by atoms with van der Waals surface area (Å²) < 4.78 is 0. The van der Waals surface area contributed by atoms with Gasteiger partial charge in [-0.1, -0.05) is 37.0 Å². The van der Waals surface area contributed by atoms with E-state index in [9.17, 15) is 4.79 Å². The van der Waals surface area contributed by atoms with Crippen LogP contribution >= 0.6 is 0 Å². The standard InChI is InChI=1S/C16H25N3O/c1-13-5-7-14(8-6-13)19-15(20)18-12-16(11-17)9-3-2-4-10-16/h5-8H,2-4,9-12,17H2,1H3,(H2,18,19,20). The number of urea groups is 1. The Morgan fingerprint density at radius 2 is 1.85 bits per heavy atom. The summed E-state index contributed by atoms with van der Waals surface area (Å²) in [6.45, 7) is 3.34. The smallest absolute Gasteiger partial charge is 0.319 e. The van der Waals surface area contributed by atoms with Crippen LogP contribution in [0.3, 0.4) is 0 Å². The maximum Gasteiger partial charge on any atom is 0.319 e. The first kappa shape index (κ1) is 14.9. The molecule has 0 unspecified atom stereocenters. The Bertz CT molecular complexity index is 436. The summed E-state index contributed by atoms with van der Waals surface area (Å²) >= 11 is 0. The lowest BCUT2D eigenvalue weighted by Crippen LogP contribution is -2.44. The van der Waals surface area contributed by atoms with Crippen LogP contribution in [-0.4, -0.2) is 19.1 Å². The van der Waals surface area contributed by atoms with Gasteiger partial charge in [0.15, 0.2) is 0 Å². The topological polar surface area (TPSA) is 67.2 Å². The molecule has 0 spiro atoms. The summed E-state index contributed by atoms with van der Waals surface area (Å²) in [5.41, 5.74) is 8.02. The minimum atomic E-state index is -0.146. The molecule has 0 aromatic heterocycles. The molecule has 110 valence electrons. The fourth-order valence-corrected chi connectivity index (χ4v) is 2.83. The molecule has 0 saturated heterocycles. The predicted molar refractivity (Wildman–Crippen MR) is 82.8 cm³/mol. The van der Waals surface area contributed by atoms with E-state index < -0.39 is 0 Å². The molecule has 1 aliphatic rings. The van der Waals surface area contributed by atoms with Gasteiger partial charge in [-0.05, 0) is 38.4 Å². The number of rotatable bonds is 4. The number of carbonyl (C=O) groups excluding carboxylic acids is 1. The van der Waals surface area contributed by atoms with E-state index >= 15 is 0 Å². The first-order chi connectivity index (χ1) is 9.63. The van der Waals surface area contributed by atoms with Crippen molar-refractivity contribution in [2.24, 2.45) is 11.1 Å². The van der Waals surface area contributed by atoms with E-state index in [1.165, 1.54) is 24.8 Å². The Labute approximate surface area is 121 Å². The van der Waals surface area contributed by atoms with E-state index in [0.717, 1.165) is 18.5 Å². The summed E-state index contributed by atoms with van der Waals surface area (Å²) in [4.78, 5) is 11.9. The van der Waals surface area contributed by atoms with E-state index in [-0.39, 0.29) is 11.4 Å². The number of hydrogen-bond donors (Lipinski definition) is 3. The number of benzene rings is 1. The minimum absolute atomic E-state index is 0.100. The number of aryl methyl sites for hydroxylation is 1. The SMILES string of the molecule is Cc1ccc(NC(=O)NCC2(CN)CCCCC2)cc1. The average molecular weight is 275 g/mol. The molecule has 0 atom stereocenters. The van der Waals surface area contributed by atoms with Crippen LogP contribution in [0.2, 0.25) is 0 Å². The number of hydrogen-bond acceptors (Lipinski definition) is 2. The molecule has 1 fully saturated rings. The fraction of sp³-hybridized carbons (Fsp3) is 0.562. The Morgan fingerprint density at radius 3 is 2.45 bits per heavy atom. The Hall–Kier alpha value is -1.55. The highest BCUT2D eigenvalue weighted by Crippen LogP contribution is 2.34. The molecular formula is C16H25N3O. The molecule has 20 heavy (non-hydrogen) atoms. The quantitative estimate of drug-likeness (QED) is 0.790. The molecule has 0 aliphatic heterocycles. The normalized spacial score (nSPS) is 17.5. The summed E-state index contributed by atoms with van der Waals surface area (Å²) in [7, 11) is 0. The summed E-state index contributed by atoms with van der Waals surface area (Å²) in [5.74, 6) is 0. The van der Waals surface area contributed by atoms with Gasteiger partial charge in [0.2, 0.25) is 0 Å². The second-order valence-corrected chi connectivity index (χ2v) is 5.94. The molecule has 0 bridgehead atoms. The predicted octanol–water partition coefficient (Wildman–Crippen LogP) is 3.03. The highest BCUT2D eigenvalue weighted by molar-refractivity contribution is 5.89. The van der Waals surface area contributed by atoms with E-state index in [4.69, 9.17) is 5.73 Å². The van der Waals surface area contributed by atoms with Crippen molar-refractivity contribution in [1.82, 2.24) is 5.32 Å². The third-order valence-corrected chi connectivity index (χ3v) is 4.28. The van der Waals surface area contributed by atoms with E-state index in [0.29, 0.717) is 13.1 Å². The monoisotopic (exact) mass is 275 g/mol. The third-order valence-electron chi connectivity index (χ3n) is 4.28. The van der Waals surface area contributed by atoms with E-state index in [1.807, 2.05) is 31.2 Å². The van der Waals surface area contributed by atoms with Crippen LogP contribution in [0.5, 0.6) is 0 Å². The molecule has 2 amide bonds. The van der Waals surface area contributed by atoms with Crippen molar-refractivity contribution in [2.75, 3.05) is 18.4 Å². The summed E-state index contributed by atoms with van der Waals surface area (Å²) in [5, 5.41) is 5.84. The van der Waals surface area contributed by atoms with Crippen LogP contribution in [0.1, 0.15) is 37.7 Å². The van der Waals surface area contributed by atoms with Gasteiger partial charge in [0.25, 0.3) is 0 Å². The highest BCUT2D eigenvalue weighted by Gasteiger charge is 2.30. The van der Waals surface area contributed by atoms with Gasteiger partial charge in [-0.25, -0.2) is 4.79 Å². The van der Waals surface area contributed by atoms with Crippen molar-refractivity contribution < 1.29 is 4.79 Å². The fourth-order valence-electron chi connectivity index (χ4n) is 2.83. The summed E-state index contributed by atoms with van der Waals surface area (Å²) in [6, 6.07) is 7.64. The largest absolute Gasteiger partial charge is 0.337 e. The molecular weight excluding hydrogens is 250 g/mol. The second kappa shape index (κ2) is 6.75. The number of anilines is 1. The van der Waals surface area contributed by atoms with Crippen LogP contribution in [0.25, 0.3) is 0 Å². The van der Waals surface area contributed by atoms with Crippen LogP contribution in [0.4, 0.5) is 10.5 Å². The van der Waals surface area contributed by atoms with Crippen molar-refractivity contribution >= 4 is 11.7 Å². The molecule has 0 radical (unpaired) electrons. The van der Waals surface area contributed by atoms with Crippen LogP contribution in [0, 0.1) is 12.3 Å². The zero-order valence-electron chi connectivity index (χ0n) is 12.2. The van der Waals surface area contributed by atoms with E-state index in [2.05, 4.69) is 10.6 Å². The van der Waals surface area contributed by atoms with Gasteiger partial charge in [-0.15, -0.1) is 0 Å². The van der Waals surface area contributed by atoms with Crippen molar-refractivity contribution in [2.45, 2.75) is 39.0 Å². The van der Waals surface area contributed by atoms with E-state index in [1.54, 1.807) is 0 Å². The molecule has 2 rings (SSSR count). The van der Waals surface area contributed by atoms with Crippen LogP contribution < -0.4 is 16.4 Å². The van der Waals surface area contributed by atoms with Gasteiger partial charge >= 0.3 is 6.03 Å². The van der Waals surface area contributed by atoms with Gasteiger partial charge in [0, 0.05) is 17.6 Å². The van der Waals surface area contributed by atoms with Crippen molar-refractivity contribution in [3.05, 3.63) is 29.8 Å². The zero-order chi connectivity index (χ0) is 14.4. The van der Waals surface area contributed by atoms with Crippen molar-refractivity contribution in [3.63, 3.8) is 0 Å². The van der Waals surface area contributed by atoms with Gasteiger partial charge in [-0.3, -0.25) is 0 Å². The summed E-state index contributed by atoms with van der Waals surface area (Å²) in [6.07, 6.45) is 5.97. The minimum Gasteiger partial charge on any atom is -0.337 e. The number of nitrogens with two attached hydrogens (primary N) is 1. The Morgan fingerprint density at radius 1 is 1.20 bits per heavy atom. The first-order valence-corrected chi connectivity index (χ1v) is 7.45. The molecule has 4 N–H and O–H groups in total. The second-order valence-electron chi connectivity index (χ2n) is 5.94. The molecule has 1 aromatic rings. The van der Waals surface area contributed by atoms with Gasteiger partial charge in [0.1, 0.15) is 0 Å². The van der Waals surface area contributed by atoms with Crippen LogP contribution in [-0.2, 0) is 0 Å². The lowest BCUT2D eigenvalue weighted by atomic mass is 9.74. The van der Waals surface area contributed by atoms with Crippen molar-refractivity contribution in [1.29, 1.82) is 0 Å². The highest BCUT2D eigenvalue weighted by atomic mass is 16.2. The molecule has 1 aliphatic carbocycles. The number of nitrogens with one attached hydrogen (secondary N) is 2. The Kier molecular flexibility index (Phi) is 5.01. The zero-order valence-corrected chi connectivity index (χ0v) is 12.2. The number of carbonyl (C=O) groups is 1. The van der Waals surface area contributed by atoms with Crippen LogP contribution in [0.15, 0.2) is 24.3 Å². The first-order valence-electron chi connectivity index (χ1n) is 7.45. The maximum atomic E-state index is 11.9. The third kappa shape index (κ3) is 3.97. The van der Waals surface area contributed by atoms with Crippen molar-refractivity contribution in [3.8, 4) is 0 Å². The number of amides is 2.